The molecule has 0 aliphatic rings. The molecule has 26 heavy (non-hydrogen) atoms. The molecule has 1 aromatic carbocycles. The molecule has 1 N–H and O–H groups in total. The lowest BCUT2D eigenvalue weighted by molar-refractivity contribution is 0.0954. The monoisotopic (exact) mass is 389 g/mol. The van der Waals surface area contributed by atoms with Crippen LogP contribution in [-0.2, 0) is 19.7 Å². The first-order chi connectivity index (χ1) is 12.6. The number of halogens is 1. The smallest absolute Gasteiger partial charge is 0.261 e. The highest BCUT2D eigenvalue weighted by Crippen LogP contribution is 2.19. The van der Waals surface area contributed by atoms with Crippen LogP contribution in [0.25, 0.3) is 0 Å². The average Bonchev–Trinajstić information content (AvgIpc) is 3.24. The van der Waals surface area contributed by atoms with Gasteiger partial charge in [0, 0.05) is 12.1 Å². The van der Waals surface area contributed by atoms with Crippen molar-refractivity contribution < 1.29 is 9.53 Å². The SMILES string of the molecule is CCn1ncc(Cl)c1CNC(=O)c1cc(COc2cccc(C)c2)cs1. The van der Waals surface area contributed by atoms with E-state index in [1.54, 1.807) is 10.9 Å². The first-order valence-electron chi connectivity index (χ1n) is 8.32. The van der Waals surface area contributed by atoms with Crippen molar-refractivity contribution in [2.24, 2.45) is 0 Å². The lowest BCUT2D eigenvalue weighted by atomic mass is 10.2. The number of hydrogen-bond donors (Lipinski definition) is 1. The maximum Gasteiger partial charge on any atom is 0.261 e. The number of benzene rings is 1. The molecule has 0 atom stereocenters. The first kappa shape index (κ1) is 18.5. The van der Waals surface area contributed by atoms with Gasteiger partial charge in [0.1, 0.15) is 12.4 Å². The van der Waals surface area contributed by atoms with E-state index in [1.807, 2.05) is 49.6 Å². The van der Waals surface area contributed by atoms with Crippen molar-refractivity contribution in [1.82, 2.24) is 15.1 Å². The summed E-state index contributed by atoms with van der Waals surface area (Å²) in [4.78, 5) is 13.0. The van der Waals surface area contributed by atoms with Gasteiger partial charge in [-0.05, 0) is 43.0 Å². The molecule has 0 bridgehead atoms. The molecule has 2 heterocycles. The second-order valence-corrected chi connectivity index (χ2v) is 7.18. The number of carbonyl (C=O) groups is 1. The number of nitrogens with one attached hydrogen (secondary N) is 1. The minimum atomic E-state index is -0.128. The Kier molecular flexibility index (Phi) is 5.96. The van der Waals surface area contributed by atoms with Gasteiger partial charge in [-0.1, -0.05) is 23.7 Å². The normalized spacial score (nSPS) is 10.7. The summed E-state index contributed by atoms with van der Waals surface area (Å²) < 4.78 is 7.55. The molecule has 3 aromatic rings. The van der Waals surface area contributed by atoms with E-state index in [2.05, 4.69) is 10.4 Å². The summed E-state index contributed by atoms with van der Waals surface area (Å²) in [6, 6.07) is 9.75. The topological polar surface area (TPSA) is 56.2 Å². The van der Waals surface area contributed by atoms with Gasteiger partial charge in [0.25, 0.3) is 5.91 Å². The molecule has 0 saturated carbocycles. The van der Waals surface area contributed by atoms with Crippen LogP contribution in [0.4, 0.5) is 0 Å². The third-order valence-electron chi connectivity index (χ3n) is 3.89. The summed E-state index contributed by atoms with van der Waals surface area (Å²) in [5, 5.41) is 9.56. The van der Waals surface area contributed by atoms with Crippen LogP contribution in [0.1, 0.15) is 33.4 Å². The first-order valence-corrected chi connectivity index (χ1v) is 9.58. The Balaban J connectivity index is 1.56. The Hall–Kier alpha value is -2.31. The Labute approximate surface area is 161 Å². The van der Waals surface area contributed by atoms with E-state index in [0.29, 0.717) is 29.6 Å². The fourth-order valence-corrected chi connectivity index (χ4v) is 3.55. The van der Waals surface area contributed by atoms with Crippen molar-refractivity contribution in [2.45, 2.75) is 33.5 Å². The predicted molar refractivity (Wildman–Crippen MR) is 104 cm³/mol. The van der Waals surface area contributed by atoms with Crippen LogP contribution in [0, 0.1) is 6.92 Å². The van der Waals surface area contributed by atoms with Gasteiger partial charge in [0.05, 0.1) is 28.3 Å². The van der Waals surface area contributed by atoms with Gasteiger partial charge in [-0.25, -0.2) is 0 Å². The molecule has 2 aromatic heterocycles. The van der Waals surface area contributed by atoms with E-state index in [4.69, 9.17) is 16.3 Å². The van der Waals surface area contributed by atoms with Gasteiger partial charge in [0.15, 0.2) is 0 Å². The fraction of sp³-hybridized carbons (Fsp3) is 0.263. The molecule has 0 saturated heterocycles. The van der Waals surface area contributed by atoms with Crippen LogP contribution in [0.2, 0.25) is 5.02 Å². The molecule has 0 radical (unpaired) electrons. The number of hydrogen-bond acceptors (Lipinski definition) is 4. The zero-order valence-electron chi connectivity index (χ0n) is 14.7. The van der Waals surface area contributed by atoms with E-state index in [9.17, 15) is 4.79 Å². The molecule has 7 heteroatoms. The van der Waals surface area contributed by atoms with E-state index >= 15 is 0 Å². The molecular weight excluding hydrogens is 370 g/mol. The summed E-state index contributed by atoms with van der Waals surface area (Å²) in [6.45, 7) is 5.49. The van der Waals surface area contributed by atoms with Crippen molar-refractivity contribution in [3.05, 3.63) is 68.6 Å². The predicted octanol–water partition coefficient (Wildman–Crippen LogP) is 4.44. The van der Waals surface area contributed by atoms with Crippen molar-refractivity contribution >= 4 is 28.8 Å². The lowest BCUT2D eigenvalue weighted by Crippen LogP contribution is -2.23. The summed E-state index contributed by atoms with van der Waals surface area (Å²) in [5.41, 5.74) is 2.93. The minimum Gasteiger partial charge on any atom is -0.489 e. The van der Waals surface area contributed by atoms with Gasteiger partial charge in [-0.3, -0.25) is 9.48 Å². The van der Waals surface area contributed by atoms with Gasteiger partial charge < -0.3 is 10.1 Å². The fourth-order valence-electron chi connectivity index (χ4n) is 2.53. The third-order valence-corrected chi connectivity index (χ3v) is 5.18. The molecule has 136 valence electrons. The van der Waals surface area contributed by atoms with Gasteiger partial charge >= 0.3 is 0 Å². The van der Waals surface area contributed by atoms with E-state index < -0.39 is 0 Å². The van der Waals surface area contributed by atoms with Crippen molar-refractivity contribution in [3.63, 3.8) is 0 Å². The number of amides is 1. The lowest BCUT2D eigenvalue weighted by Gasteiger charge is -2.07. The highest BCUT2D eigenvalue weighted by Gasteiger charge is 2.13. The van der Waals surface area contributed by atoms with E-state index in [-0.39, 0.29) is 5.91 Å². The summed E-state index contributed by atoms with van der Waals surface area (Å²) in [5.74, 6) is 0.696. The molecule has 0 aliphatic carbocycles. The maximum atomic E-state index is 12.4. The van der Waals surface area contributed by atoms with Gasteiger partial charge in [-0.2, -0.15) is 5.10 Å². The molecule has 0 fully saturated rings. The molecule has 5 nitrogen and oxygen atoms in total. The van der Waals surface area contributed by atoms with Gasteiger partial charge in [0.2, 0.25) is 0 Å². The van der Waals surface area contributed by atoms with Crippen LogP contribution in [-0.4, -0.2) is 15.7 Å². The molecular formula is C19H20ClN3O2S. The molecule has 0 aliphatic heterocycles. The summed E-state index contributed by atoms with van der Waals surface area (Å²) in [7, 11) is 0. The zero-order valence-corrected chi connectivity index (χ0v) is 16.2. The van der Waals surface area contributed by atoms with Gasteiger partial charge in [-0.15, -0.1) is 11.3 Å². The number of carbonyl (C=O) groups excluding carboxylic acids is 1. The standard InChI is InChI=1S/C19H20ClN3O2S/c1-3-23-17(16(20)9-22-23)10-21-19(24)18-8-14(12-26-18)11-25-15-6-4-5-13(2)7-15/h4-9,12H,3,10-11H2,1-2H3,(H,21,24). The number of aryl methyl sites for hydroxylation is 2. The van der Waals surface area contributed by atoms with Crippen LogP contribution >= 0.6 is 22.9 Å². The molecule has 0 unspecified atom stereocenters. The highest BCUT2D eigenvalue weighted by atomic mass is 35.5. The second kappa shape index (κ2) is 8.38. The number of nitrogens with zero attached hydrogens (tertiary/aromatic N) is 2. The highest BCUT2D eigenvalue weighted by molar-refractivity contribution is 7.12. The van der Waals surface area contributed by atoms with Crippen LogP contribution in [0.3, 0.4) is 0 Å². The second-order valence-electron chi connectivity index (χ2n) is 5.86. The van der Waals surface area contributed by atoms with Crippen LogP contribution in [0.5, 0.6) is 5.75 Å². The number of rotatable bonds is 7. The maximum absolute atomic E-state index is 12.4. The Morgan fingerprint density at radius 2 is 2.23 bits per heavy atom. The van der Waals surface area contributed by atoms with E-state index in [0.717, 1.165) is 22.6 Å². The van der Waals surface area contributed by atoms with E-state index in [1.165, 1.54) is 11.3 Å². The summed E-state index contributed by atoms with van der Waals surface area (Å²) in [6.07, 6.45) is 1.60. The van der Waals surface area contributed by atoms with Crippen LogP contribution < -0.4 is 10.1 Å². The van der Waals surface area contributed by atoms with Crippen molar-refractivity contribution in [3.8, 4) is 5.75 Å². The largest absolute Gasteiger partial charge is 0.489 e. The minimum absolute atomic E-state index is 0.128. The molecule has 1 amide bonds. The zero-order chi connectivity index (χ0) is 18.5. The van der Waals surface area contributed by atoms with Crippen LogP contribution in [0.15, 0.2) is 41.9 Å². The Bertz CT molecular complexity index is 904. The number of ether oxygens (including phenoxy) is 1. The average molecular weight is 390 g/mol. The van der Waals surface area contributed by atoms with Crippen molar-refractivity contribution in [1.29, 1.82) is 0 Å². The Morgan fingerprint density at radius 3 is 3.00 bits per heavy atom. The molecule has 3 rings (SSSR count). The number of aromatic nitrogens is 2. The van der Waals surface area contributed by atoms with Crippen molar-refractivity contribution in [2.75, 3.05) is 0 Å². The number of thiophene rings is 1. The molecule has 0 spiro atoms. The Morgan fingerprint density at radius 1 is 1.38 bits per heavy atom. The summed E-state index contributed by atoms with van der Waals surface area (Å²) >= 11 is 7.52. The third kappa shape index (κ3) is 4.45. The quantitative estimate of drug-likeness (QED) is 0.650.